The zero-order chi connectivity index (χ0) is 9.83. The van der Waals surface area contributed by atoms with Crippen LogP contribution in [0, 0.1) is 0 Å². The van der Waals surface area contributed by atoms with Gasteiger partial charge in [0.1, 0.15) is 5.21 Å². The summed E-state index contributed by atoms with van der Waals surface area (Å²) in [5.74, 6) is 0. The molecule has 0 aromatic rings. The molecule has 0 aliphatic carbocycles. The molecule has 0 aliphatic heterocycles. The SMILES string of the molecule is CC(O)(CO)CNS(=O)(=O)CCl. The number of nitrogens with one attached hydrogen (secondary N) is 1. The molecule has 0 rings (SSSR count). The lowest BCUT2D eigenvalue weighted by Crippen LogP contribution is -2.43. The van der Waals surface area contributed by atoms with Gasteiger partial charge in [-0.3, -0.25) is 0 Å². The molecule has 74 valence electrons. The topological polar surface area (TPSA) is 86.6 Å². The van der Waals surface area contributed by atoms with E-state index >= 15 is 0 Å². The highest BCUT2D eigenvalue weighted by atomic mass is 35.5. The van der Waals surface area contributed by atoms with Crippen LogP contribution in [0.15, 0.2) is 0 Å². The average molecular weight is 218 g/mol. The van der Waals surface area contributed by atoms with Gasteiger partial charge in [0.15, 0.2) is 0 Å². The minimum absolute atomic E-state index is 0.251. The van der Waals surface area contributed by atoms with Crippen molar-refractivity contribution in [3.63, 3.8) is 0 Å². The first-order chi connectivity index (χ1) is 5.33. The summed E-state index contributed by atoms with van der Waals surface area (Å²) in [6.45, 7) is 0.542. The van der Waals surface area contributed by atoms with Crippen molar-refractivity contribution in [1.82, 2.24) is 4.72 Å². The van der Waals surface area contributed by atoms with Crippen LogP contribution in [0.5, 0.6) is 0 Å². The van der Waals surface area contributed by atoms with Crippen LogP contribution in [0.25, 0.3) is 0 Å². The van der Waals surface area contributed by atoms with E-state index in [1.54, 1.807) is 0 Å². The number of hydrogen-bond acceptors (Lipinski definition) is 4. The van der Waals surface area contributed by atoms with Crippen LogP contribution in [-0.2, 0) is 10.0 Å². The van der Waals surface area contributed by atoms with Gasteiger partial charge in [-0.05, 0) is 6.92 Å². The molecule has 12 heavy (non-hydrogen) atoms. The number of aliphatic hydroxyl groups excluding tert-OH is 1. The third-order valence-corrected chi connectivity index (χ3v) is 2.89. The highest BCUT2D eigenvalue weighted by Gasteiger charge is 2.21. The average Bonchev–Trinajstić information content (AvgIpc) is 2.02. The Morgan fingerprint density at radius 1 is 1.58 bits per heavy atom. The van der Waals surface area contributed by atoms with Crippen molar-refractivity contribution >= 4 is 21.6 Å². The first-order valence-electron chi connectivity index (χ1n) is 3.19. The predicted molar refractivity (Wildman–Crippen MR) is 45.4 cm³/mol. The lowest BCUT2D eigenvalue weighted by molar-refractivity contribution is 0.00683. The Bertz CT molecular complexity index is 226. The molecule has 0 bridgehead atoms. The first-order valence-corrected chi connectivity index (χ1v) is 5.38. The van der Waals surface area contributed by atoms with Crippen molar-refractivity contribution in [2.75, 3.05) is 18.4 Å². The fraction of sp³-hybridized carbons (Fsp3) is 1.00. The summed E-state index contributed by atoms with van der Waals surface area (Å²) in [6.07, 6.45) is 0. The second kappa shape index (κ2) is 4.38. The van der Waals surface area contributed by atoms with Gasteiger partial charge in [-0.1, -0.05) is 0 Å². The van der Waals surface area contributed by atoms with Gasteiger partial charge in [0.25, 0.3) is 0 Å². The number of halogens is 1. The van der Waals surface area contributed by atoms with E-state index in [1.165, 1.54) is 6.92 Å². The third-order valence-electron chi connectivity index (χ3n) is 1.16. The van der Waals surface area contributed by atoms with Crippen molar-refractivity contribution in [3.8, 4) is 0 Å². The summed E-state index contributed by atoms with van der Waals surface area (Å²) in [5.41, 5.74) is -1.45. The van der Waals surface area contributed by atoms with E-state index in [0.29, 0.717) is 0 Å². The third kappa shape index (κ3) is 4.89. The Kier molecular flexibility index (Phi) is 4.43. The fourth-order valence-corrected chi connectivity index (χ4v) is 1.20. The van der Waals surface area contributed by atoms with Gasteiger partial charge in [-0.15, -0.1) is 11.6 Å². The molecule has 7 heteroatoms. The van der Waals surface area contributed by atoms with E-state index in [-0.39, 0.29) is 6.54 Å². The number of alkyl halides is 1. The lowest BCUT2D eigenvalue weighted by Gasteiger charge is -2.19. The van der Waals surface area contributed by atoms with Gasteiger partial charge in [0.2, 0.25) is 10.0 Å². The maximum atomic E-state index is 10.7. The second-order valence-corrected chi connectivity index (χ2v) is 5.09. The zero-order valence-electron chi connectivity index (χ0n) is 6.62. The van der Waals surface area contributed by atoms with Crippen LogP contribution in [0.1, 0.15) is 6.92 Å². The number of aliphatic hydroxyl groups is 2. The van der Waals surface area contributed by atoms with E-state index in [4.69, 9.17) is 21.8 Å². The summed E-state index contributed by atoms with van der Waals surface area (Å²) in [5, 5.41) is 17.1. The van der Waals surface area contributed by atoms with Crippen LogP contribution in [-0.4, -0.2) is 42.6 Å². The summed E-state index contributed by atoms with van der Waals surface area (Å²) < 4.78 is 23.5. The molecule has 0 aliphatic rings. The Hall–Kier alpha value is 0.120. The Balaban J connectivity index is 4.00. The van der Waals surface area contributed by atoms with Gasteiger partial charge in [0, 0.05) is 6.54 Å². The highest BCUT2D eigenvalue weighted by molar-refractivity contribution is 7.90. The van der Waals surface area contributed by atoms with Gasteiger partial charge in [-0.2, -0.15) is 0 Å². The van der Waals surface area contributed by atoms with Gasteiger partial charge in [-0.25, -0.2) is 13.1 Å². The smallest absolute Gasteiger partial charge is 0.225 e. The molecule has 0 aromatic heterocycles. The van der Waals surface area contributed by atoms with E-state index in [1.807, 2.05) is 4.72 Å². The minimum atomic E-state index is -3.52. The Labute approximate surface area is 76.4 Å². The molecule has 0 amide bonds. The molecule has 1 atom stereocenters. The van der Waals surface area contributed by atoms with Crippen LogP contribution >= 0.6 is 11.6 Å². The fourth-order valence-electron chi connectivity index (χ4n) is 0.360. The maximum absolute atomic E-state index is 10.7. The first kappa shape index (κ1) is 12.1. The molecular weight excluding hydrogens is 206 g/mol. The lowest BCUT2D eigenvalue weighted by atomic mass is 10.1. The molecular formula is C5H12ClNO4S. The molecule has 5 nitrogen and oxygen atoms in total. The standard InChI is InChI=1S/C5H12ClNO4S/c1-5(9,3-8)2-7-12(10,11)4-6/h7-9H,2-4H2,1H3. The number of rotatable bonds is 5. The molecule has 1 unspecified atom stereocenters. The minimum Gasteiger partial charge on any atom is -0.393 e. The number of hydrogen-bond donors (Lipinski definition) is 3. The van der Waals surface area contributed by atoms with Crippen molar-refractivity contribution in [1.29, 1.82) is 0 Å². The molecule has 0 heterocycles. The molecule has 0 spiro atoms. The normalized spacial score (nSPS) is 17.3. The monoisotopic (exact) mass is 217 g/mol. The largest absolute Gasteiger partial charge is 0.393 e. The summed E-state index contributed by atoms with van der Waals surface area (Å²) >= 11 is 5.07. The highest BCUT2D eigenvalue weighted by Crippen LogP contribution is 2.00. The van der Waals surface area contributed by atoms with Gasteiger partial charge >= 0.3 is 0 Å². The Morgan fingerprint density at radius 3 is 2.42 bits per heavy atom. The molecule has 0 aromatic carbocycles. The molecule has 0 saturated carbocycles. The van der Waals surface area contributed by atoms with Gasteiger partial charge < -0.3 is 10.2 Å². The van der Waals surface area contributed by atoms with E-state index < -0.39 is 27.4 Å². The molecule has 0 radical (unpaired) electrons. The second-order valence-electron chi connectivity index (χ2n) is 2.70. The summed E-state index contributed by atoms with van der Waals surface area (Å²) in [4.78, 5) is 0. The van der Waals surface area contributed by atoms with Crippen molar-refractivity contribution in [2.24, 2.45) is 0 Å². The van der Waals surface area contributed by atoms with Gasteiger partial charge in [0.05, 0.1) is 12.2 Å². The van der Waals surface area contributed by atoms with Crippen molar-refractivity contribution in [2.45, 2.75) is 12.5 Å². The maximum Gasteiger partial charge on any atom is 0.225 e. The zero-order valence-corrected chi connectivity index (χ0v) is 8.19. The van der Waals surface area contributed by atoms with Crippen LogP contribution in [0.3, 0.4) is 0 Å². The van der Waals surface area contributed by atoms with Crippen LogP contribution in [0.4, 0.5) is 0 Å². The number of sulfonamides is 1. The van der Waals surface area contributed by atoms with Crippen molar-refractivity contribution < 1.29 is 18.6 Å². The predicted octanol–water partition coefficient (Wildman–Crippen LogP) is -1.15. The van der Waals surface area contributed by atoms with Crippen LogP contribution in [0.2, 0.25) is 0 Å². The van der Waals surface area contributed by atoms with E-state index in [9.17, 15) is 8.42 Å². The van der Waals surface area contributed by atoms with Crippen LogP contribution < -0.4 is 4.72 Å². The van der Waals surface area contributed by atoms with Crippen molar-refractivity contribution in [3.05, 3.63) is 0 Å². The molecule has 0 fully saturated rings. The van der Waals surface area contributed by atoms with E-state index in [0.717, 1.165) is 0 Å². The van der Waals surface area contributed by atoms with E-state index in [2.05, 4.69) is 0 Å². The molecule has 0 saturated heterocycles. The molecule has 3 N–H and O–H groups in total. The summed E-state index contributed by atoms with van der Waals surface area (Å²) in [7, 11) is -3.52. The quantitative estimate of drug-likeness (QED) is 0.508. The summed E-state index contributed by atoms with van der Waals surface area (Å²) in [6, 6.07) is 0. The Morgan fingerprint density at radius 2 is 2.08 bits per heavy atom.